The summed E-state index contributed by atoms with van der Waals surface area (Å²) >= 11 is 7.14. The van der Waals surface area contributed by atoms with E-state index in [1.165, 1.54) is 0 Å². The van der Waals surface area contributed by atoms with Crippen LogP contribution in [-0.4, -0.2) is 15.8 Å². The van der Waals surface area contributed by atoms with Crippen LogP contribution < -0.4 is 0 Å². The first-order valence-corrected chi connectivity index (χ1v) is 10.2. The van der Waals surface area contributed by atoms with Crippen LogP contribution in [0.5, 0.6) is 0 Å². The van der Waals surface area contributed by atoms with Crippen LogP contribution in [0.3, 0.4) is 0 Å². The minimum atomic E-state index is -0.210. The Kier molecular flexibility index (Phi) is 5.46. The second-order valence-corrected chi connectivity index (χ2v) is 7.80. The van der Waals surface area contributed by atoms with Crippen LogP contribution >= 0.6 is 31.9 Å². The number of hydrogen-bond donors (Lipinski definition) is 0. The molecule has 0 atom stereocenters. The SMILES string of the molecule is O=C(c1ncccc1-c1ccccc1Br)c1ncccc1-c1ccccc1Br. The van der Waals surface area contributed by atoms with E-state index in [4.69, 9.17) is 0 Å². The smallest absolute Gasteiger partial charge is 0.230 e. The van der Waals surface area contributed by atoms with Gasteiger partial charge < -0.3 is 0 Å². The van der Waals surface area contributed by atoms with Gasteiger partial charge in [-0.1, -0.05) is 80.4 Å². The Hall–Kier alpha value is -2.63. The number of pyridine rings is 2. The van der Waals surface area contributed by atoms with Crippen molar-refractivity contribution in [3.8, 4) is 22.3 Å². The lowest BCUT2D eigenvalue weighted by molar-refractivity contribution is 0.103. The Morgan fingerprint density at radius 3 is 1.39 bits per heavy atom. The molecular weight excluding hydrogens is 480 g/mol. The number of nitrogens with zero attached hydrogens (tertiary/aromatic N) is 2. The fourth-order valence-electron chi connectivity index (χ4n) is 3.08. The Morgan fingerprint density at radius 2 is 0.964 bits per heavy atom. The van der Waals surface area contributed by atoms with Gasteiger partial charge in [0.1, 0.15) is 11.4 Å². The van der Waals surface area contributed by atoms with Crippen molar-refractivity contribution in [1.82, 2.24) is 9.97 Å². The lowest BCUT2D eigenvalue weighted by Crippen LogP contribution is -2.10. The summed E-state index contributed by atoms with van der Waals surface area (Å²) in [4.78, 5) is 22.3. The number of benzene rings is 2. The highest BCUT2D eigenvalue weighted by Gasteiger charge is 2.22. The molecule has 2 aromatic carbocycles. The number of halogens is 2. The summed E-state index contributed by atoms with van der Waals surface area (Å²) in [6.45, 7) is 0. The molecule has 0 aliphatic rings. The average molecular weight is 494 g/mol. The minimum Gasteiger partial charge on any atom is -0.285 e. The zero-order valence-corrected chi connectivity index (χ0v) is 17.8. The molecule has 0 saturated carbocycles. The molecule has 136 valence electrons. The largest absolute Gasteiger partial charge is 0.285 e. The van der Waals surface area contributed by atoms with Crippen LogP contribution in [0.1, 0.15) is 16.2 Å². The number of carbonyl (C=O) groups is 1. The second-order valence-electron chi connectivity index (χ2n) is 6.09. The van der Waals surface area contributed by atoms with E-state index in [2.05, 4.69) is 41.8 Å². The zero-order valence-electron chi connectivity index (χ0n) is 14.6. The van der Waals surface area contributed by atoms with Gasteiger partial charge in [-0.15, -0.1) is 0 Å². The van der Waals surface area contributed by atoms with E-state index >= 15 is 0 Å². The summed E-state index contributed by atoms with van der Waals surface area (Å²) in [5.41, 5.74) is 4.12. The summed E-state index contributed by atoms with van der Waals surface area (Å²) in [6, 6.07) is 23.1. The number of ketones is 1. The van der Waals surface area contributed by atoms with Crippen LogP contribution in [0.2, 0.25) is 0 Å². The Labute approximate surface area is 179 Å². The molecule has 5 heteroatoms. The predicted octanol–water partition coefficient (Wildman–Crippen LogP) is 6.57. The third kappa shape index (κ3) is 3.55. The molecule has 0 fully saturated rings. The molecular formula is C23H14Br2N2O. The summed E-state index contributed by atoms with van der Waals surface area (Å²) < 4.78 is 1.81. The fourth-order valence-corrected chi connectivity index (χ4v) is 4.08. The molecule has 0 saturated heterocycles. The molecule has 2 heterocycles. The van der Waals surface area contributed by atoms with Crippen LogP contribution in [0.4, 0.5) is 0 Å². The molecule has 4 rings (SSSR count). The van der Waals surface area contributed by atoms with E-state index in [-0.39, 0.29) is 5.78 Å². The molecule has 4 aromatic rings. The predicted molar refractivity (Wildman–Crippen MR) is 118 cm³/mol. The van der Waals surface area contributed by atoms with Gasteiger partial charge in [0.15, 0.2) is 0 Å². The lowest BCUT2D eigenvalue weighted by atomic mass is 9.96. The molecule has 3 nitrogen and oxygen atoms in total. The normalized spacial score (nSPS) is 10.6. The maximum atomic E-state index is 13.5. The van der Waals surface area contributed by atoms with Crippen molar-refractivity contribution < 1.29 is 4.79 Å². The van der Waals surface area contributed by atoms with Crippen molar-refractivity contribution in [3.05, 3.63) is 106 Å². The van der Waals surface area contributed by atoms with E-state index in [1.54, 1.807) is 12.4 Å². The molecule has 0 radical (unpaired) electrons. The molecule has 0 amide bonds. The number of hydrogen-bond acceptors (Lipinski definition) is 3. The highest BCUT2D eigenvalue weighted by atomic mass is 79.9. The highest BCUT2D eigenvalue weighted by Crippen LogP contribution is 2.34. The number of aromatic nitrogens is 2. The Morgan fingerprint density at radius 1 is 0.571 bits per heavy atom. The average Bonchev–Trinajstić information content (AvgIpc) is 2.74. The third-order valence-electron chi connectivity index (χ3n) is 4.37. The van der Waals surface area contributed by atoms with Crippen LogP contribution in [0.25, 0.3) is 22.3 Å². The topological polar surface area (TPSA) is 42.9 Å². The van der Waals surface area contributed by atoms with Gasteiger partial charge in [-0.2, -0.15) is 0 Å². The van der Waals surface area contributed by atoms with E-state index < -0.39 is 0 Å². The molecule has 0 aliphatic carbocycles. The molecule has 0 unspecified atom stereocenters. The van der Waals surface area contributed by atoms with E-state index in [1.807, 2.05) is 72.8 Å². The van der Waals surface area contributed by atoms with E-state index in [0.717, 1.165) is 31.2 Å². The van der Waals surface area contributed by atoms with Gasteiger partial charge in [0.2, 0.25) is 5.78 Å². The van der Waals surface area contributed by atoms with Crippen molar-refractivity contribution >= 4 is 37.6 Å². The Bertz CT molecular complexity index is 1080. The van der Waals surface area contributed by atoms with Gasteiger partial charge >= 0.3 is 0 Å². The fraction of sp³-hybridized carbons (Fsp3) is 0. The van der Waals surface area contributed by atoms with Gasteiger partial charge in [0.25, 0.3) is 0 Å². The molecule has 28 heavy (non-hydrogen) atoms. The monoisotopic (exact) mass is 492 g/mol. The van der Waals surface area contributed by atoms with Crippen molar-refractivity contribution in [3.63, 3.8) is 0 Å². The van der Waals surface area contributed by atoms with Gasteiger partial charge in [-0.25, -0.2) is 0 Å². The molecule has 0 bridgehead atoms. The lowest BCUT2D eigenvalue weighted by Gasteiger charge is -2.12. The van der Waals surface area contributed by atoms with Gasteiger partial charge in [0, 0.05) is 32.5 Å². The Balaban J connectivity index is 1.88. The zero-order chi connectivity index (χ0) is 19.5. The maximum Gasteiger partial charge on any atom is 0.230 e. The highest BCUT2D eigenvalue weighted by molar-refractivity contribution is 9.11. The van der Waals surface area contributed by atoms with Crippen molar-refractivity contribution in [1.29, 1.82) is 0 Å². The van der Waals surface area contributed by atoms with Crippen molar-refractivity contribution in [2.24, 2.45) is 0 Å². The third-order valence-corrected chi connectivity index (χ3v) is 5.76. The van der Waals surface area contributed by atoms with Crippen molar-refractivity contribution in [2.45, 2.75) is 0 Å². The van der Waals surface area contributed by atoms with Crippen LogP contribution in [-0.2, 0) is 0 Å². The maximum absolute atomic E-state index is 13.5. The van der Waals surface area contributed by atoms with Crippen LogP contribution in [0.15, 0.2) is 94.1 Å². The second kappa shape index (κ2) is 8.17. The number of rotatable bonds is 4. The first kappa shape index (κ1) is 18.7. The standard InChI is InChI=1S/C23H14Br2N2O/c24-19-11-3-1-7-15(19)17-9-5-13-26-21(17)23(28)22-18(10-6-14-27-22)16-8-2-4-12-20(16)25/h1-14H. The van der Waals surface area contributed by atoms with Crippen LogP contribution in [0, 0.1) is 0 Å². The van der Waals surface area contributed by atoms with E-state index in [9.17, 15) is 4.79 Å². The molecule has 2 aromatic heterocycles. The minimum absolute atomic E-state index is 0.210. The number of carbonyl (C=O) groups excluding carboxylic acids is 1. The summed E-state index contributed by atoms with van der Waals surface area (Å²) in [5, 5.41) is 0. The molecule has 0 N–H and O–H groups in total. The molecule has 0 aliphatic heterocycles. The quantitative estimate of drug-likeness (QED) is 0.302. The molecule has 0 spiro atoms. The van der Waals surface area contributed by atoms with Gasteiger partial charge in [-0.3, -0.25) is 14.8 Å². The first-order valence-electron chi connectivity index (χ1n) is 8.61. The van der Waals surface area contributed by atoms with Gasteiger partial charge in [0.05, 0.1) is 0 Å². The van der Waals surface area contributed by atoms with E-state index in [0.29, 0.717) is 11.4 Å². The van der Waals surface area contributed by atoms with Gasteiger partial charge in [-0.05, 0) is 35.4 Å². The van der Waals surface area contributed by atoms with Crippen molar-refractivity contribution in [2.75, 3.05) is 0 Å². The summed E-state index contributed by atoms with van der Waals surface area (Å²) in [5.74, 6) is -0.210. The summed E-state index contributed by atoms with van der Waals surface area (Å²) in [7, 11) is 0. The first-order chi connectivity index (χ1) is 13.7. The summed E-state index contributed by atoms with van der Waals surface area (Å²) in [6.07, 6.45) is 3.27.